The summed E-state index contributed by atoms with van der Waals surface area (Å²) < 4.78 is 15.7. The zero-order valence-corrected chi connectivity index (χ0v) is 13.2. The second-order valence-corrected chi connectivity index (χ2v) is 5.78. The summed E-state index contributed by atoms with van der Waals surface area (Å²) in [4.78, 5) is 4.33. The average molecular weight is 312 g/mol. The van der Waals surface area contributed by atoms with Crippen molar-refractivity contribution < 1.29 is 14.0 Å². The number of benzene rings is 1. The number of hydrogen-bond acceptors (Lipinski definition) is 6. The molecule has 0 saturated heterocycles. The molecule has 0 aliphatic heterocycles. The van der Waals surface area contributed by atoms with Gasteiger partial charge in [0, 0.05) is 17.5 Å². The minimum Gasteiger partial charge on any atom is -0.493 e. The Labute approximate surface area is 128 Å². The van der Waals surface area contributed by atoms with Gasteiger partial charge in [0.1, 0.15) is 0 Å². The Bertz CT molecular complexity index is 635. The molecule has 0 aliphatic rings. The molecule has 0 bridgehead atoms. The van der Waals surface area contributed by atoms with Gasteiger partial charge in [0.15, 0.2) is 11.5 Å². The van der Waals surface area contributed by atoms with Crippen LogP contribution in [0.15, 0.2) is 16.7 Å². The second kappa shape index (κ2) is 5.91. The topological polar surface area (TPSA) is 83.4 Å². The van der Waals surface area contributed by atoms with Crippen LogP contribution in [0.3, 0.4) is 0 Å². The molecule has 114 valence electrons. The van der Waals surface area contributed by atoms with Gasteiger partial charge in [0.05, 0.1) is 19.2 Å². The molecule has 1 aromatic carbocycles. The number of hydrogen-bond donors (Lipinski definition) is 1. The first-order valence-corrected chi connectivity index (χ1v) is 6.75. The maximum Gasteiger partial charge on any atom is 0.228 e. The van der Waals surface area contributed by atoms with Crippen LogP contribution in [-0.4, -0.2) is 29.9 Å². The Balaban J connectivity index is 2.36. The lowest BCUT2D eigenvalue weighted by Crippen LogP contribution is -2.34. The van der Waals surface area contributed by atoms with Crippen molar-refractivity contribution in [2.45, 2.75) is 25.8 Å². The number of nitrogens with two attached hydrogens (primary N) is 1. The number of methoxy groups -OCH3 is 2. The lowest BCUT2D eigenvalue weighted by atomic mass is 10.0. The van der Waals surface area contributed by atoms with Gasteiger partial charge < -0.3 is 19.7 Å². The minimum atomic E-state index is -0.418. The predicted molar refractivity (Wildman–Crippen MR) is 79.8 cm³/mol. The SMILES string of the molecule is COc1cc(-c2noc(CC(C)(C)N)n2)cc(Cl)c1OC. The highest BCUT2D eigenvalue weighted by atomic mass is 35.5. The monoisotopic (exact) mass is 311 g/mol. The normalized spacial score (nSPS) is 11.5. The van der Waals surface area contributed by atoms with Crippen molar-refractivity contribution >= 4 is 11.6 Å². The summed E-state index contributed by atoms with van der Waals surface area (Å²) in [5, 5.41) is 4.36. The van der Waals surface area contributed by atoms with Crippen LogP contribution in [-0.2, 0) is 6.42 Å². The number of halogens is 1. The third-order valence-corrected chi connectivity index (χ3v) is 3.05. The minimum absolute atomic E-state index is 0.414. The molecule has 0 radical (unpaired) electrons. The summed E-state index contributed by atoms with van der Waals surface area (Å²) in [6, 6.07) is 3.44. The van der Waals surface area contributed by atoms with Gasteiger partial charge in [-0.15, -0.1) is 0 Å². The van der Waals surface area contributed by atoms with Crippen LogP contribution < -0.4 is 15.2 Å². The van der Waals surface area contributed by atoms with E-state index in [-0.39, 0.29) is 0 Å². The standard InChI is InChI=1S/C14H18ClN3O3/c1-14(2,16)7-11-17-13(18-21-11)8-5-9(15)12(20-4)10(6-8)19-3/h5-6H,7,16H2,1-4H3. The molecule has 0 atom stereocenters. The van der Waals surface area contributed by atoms with E-state index in [0.29, 0.717) is 40.2 Å². The zero-order valence-electron chi connectivity index (χ0n) is 12.4. The van der Waals surface area contributed by atoms with Gasteiger partial charge in [-0.3, -0.25) is 0 Å². The first-order valence-electron chi connectivity index (χ1n) is 6.37. The third-order valence-electron chi connectivity index (χ3n) is 2.77. The van der Waals surface area contributed by atoms with Crippen molar-refractivity contribution in [1.82, 2.24) is 10.1 Å². The van der Waals surface area contributed by atoms with E-state index < -0.39 is 5.54 Å². The molecule has 0 amide bonds. The highest BCUT2D eigenvalue weighted by Gasteiger charge is 2.19. The fourth-order valence-corrected chi connectivity index (χ4v) is 2.17. The molecule has 2 N–H and O–H groups in total. The Morgan fingerprint density at radius 3 is 2.57 bits per heavy atom. The van der Waals surface area contributed by atoms with Gasteiger partial charge in [0.25, 0.3) is 0 Å². The van der Waals surface area contributed by atoms with Crippen molar-refractivity contribution in [2.24, 2.45) is 5.73 Å². The molecule has 1 aromatic heterocycles. The van der Waals surface area contributed by atoms with Gasteiger partial charge in [-0.25, -0.2) is 0 Å². The highest BCUT2D eigenvalue weighted by Crippen LogP contribution is 2.38. The van der Waals surface area contributed by atoms with Crippen molar-refractivity contribution in [1.29, 1.82) is 0 Å². The maximum atomic E-state index is 6.17. The van der Waals surface area contributed by atoms with Crippen molar-refractivity contribution in [3.05, 3.63) is 23.0 Å². The largest absolute Gasteiger partial charge is 0.493 e. The third kappa shape index (κ3) is 3.65. The van der Waals surface area contributed by atoms with E-state index in [4.69, 9.17) is 31.3 Å². The van der Waals surface area contributed by atoms with Crippen molar-refractivity contribution in [3.8, 4) is 22.9 Å². The molecule has 0 spiro atoms. The van der Waals surface area contributed by atoms with Gasteiger partial charge >= 0.3 is 0 Å². The molecule has 7 heteroatoms. The van der Waals surface area contributed by atoms with Gasteiger partial charge in [0.2, 0.25) is 11.7 Å². The van der Waals surface area contributed by atoms with Crippen LogP contribution in [0.25, 0.3) is 11.4 Å². The molecule has 0 aliphatic carbocycles. The summed E-state index contributed by atoms with van der Waals surface area (Å²) in [7, 11) is 3.07. The molecular formula is C14H18ClN3O3. The maximum absolute atomic E-state index is 6.17. The van der Waals surface area contributed by atoms with E-state index in [1.807, 2.05) is 13.8 Å². The Hall–Kier alpha value is -1.79. The molecule has 0 fully saturated rings. The summed E-state index contributed by atoms with van der Waals surface area (Å²) in [5.74, 6) is 1.88. The molecule has 0 saturated carbocycles. The average Bonchev–Trinajstić information content (AvgIpc) is 2.83. The smallest absolute Gasteiger partial charge is 0.228 e. The van der Waals surface area contributed by atoms with Crippen molar-refractivity contribution in [3.63, 3.8) is 0 Å². The van der Waals surface area contributed by atoms with Crippen LogP contribution in [0.2, 0.25) is 5.02 Å². The molecule has 2 aromatic rings. The molecule has 6 nitrogen and oxygen atoms in total. The van der Waals surface area contributed by atoms with Gasteiger partial charge in [-0.2, -0.15) is 4.98 Å². The highest BCUT2D eigenvalue weighted by molar-refractivity contribution is 6.32. The van der Waals surface area contributed by atoms with E-state index in [1.54, 1.807) is 12.1 Å². The van der Waals surface area contributed by atoms with E-state index in [2.05, 4.69) is 10.1 Å². The van der Waals surface area contributed by atoms with Crippen LogP contribution in [0.1, 0.15) is 19.7 Å². The summed E-state index contributed by atoms with van der Waals surface area (Å²) in [6.07, 6.45) is 0.487. The van der Waals surface area contributed by atoms with Crippen LogP contribution in [0, 0.1) is 0 Å². The van der Waals surface area contributed by atoms with E-state index in [0.717, 1.165) is 0 Å². The summed E-state index contributed by atoms with van der Waals surface area (Å²) in [6.45, 7) is 3.79. The molecule has 1 heterocycles. The number of ether oxygens (including phenoxy) is 2. The van der Waals surface area contributed by atoms with Crippen LogP contribution in [0.5, 0.6) is 11.5 Å². The van der Waals surface area contributed by atoms with Gasteiger partial charge in [-0.05, 0) is 26.0 Å². The van der Waals surface area contributed by atoms with E-state index >= 15 is 0 Å². The fraction of sp³-hybridized carbons (Fsp3) is 0.429. The first-order chi connectivity index (χ1) is 9.84. The van der Waals surface area contributed by atoms with Crippen molar-refractivity contribution in [2.75, 3.05) is 14.2 Å². The number of aromatic nitrogens is 2. The quantitative estimate of drug-likeness (QED) is 0.914. The van der Waals surface area contributed by atoms with Crippen LogP contribution >= 0.6 is 11.6 Å². The molecule has 2 rings (SSSR count). The lowest BCUT2D eigenvalue weighted by molar-refractivity contribution is 0.348. The van der Waals surface area contributed by atoms with Gasteiger partial charge in [-0.1, -0.05) is 16.8 Å². The lowest BCUT2D eigenvalue weighted by Gasteiger charge is -2.14. The Morgan fingerprint density at radius 2 is 2.00 bits per heavy atom. The zero-order chi connectivity index (χ0) is 15.6. The van der Waals surface area contributed by atoms with Crippen LogP contribution in [0.4, 0.5) is 0 Å². The predicted octanol–water partition coefficient (Wildman–Crippen LogP) is 2.69. The molecular weight excluding hydrogens is 294 g/mol. The second-order valence-electron chi connectivity index (χ2n) is 5.37. The summed E-state index contributed by atoms with van der Waals surface area (Å²) in [5.41, 5.74) is 6.20. The number of rotatable bonds is 5. The Morgan fingerprint density at radius 1 is 1.29 bits per heavy atom. The molecule has 21 heavy (non-hydrogen) atoms. The number of nitrogens with zero attached hydrogens (tertiary/aromatic N) is 2. The Kier molecular flexibility index (Phi) is 4.39. The fourth-order valence-electron chi connectivity index (χ4n) is 1.88. The summed E-state index contributed by atoms with van der Waals surface area (Å²) >= 11 is 6.17. The van der Waals surface area contributed by atoms with E-state index in [9.17, 15) is 0 Å². The van der Waals surface area contributed by atoms with E-state index in [1.165, 1.54) is 14.2 Å². The molecule has 0 unspecified atom stereocenters. The first kappa shape index (κ1) is 15.6.